The van der Waals surface area contributed by atoms with Gasteiger partial charge in [0.1, 0.15) is 0 Å². The van der Waals surface area contributed by atoms with Crippen molar-refractivity contribution in [3.8, 4) is 0 Å². The van der Waals surface area contributed by atoms with E-state index in [1.807, 2.05) is 41.3 Å². The predicted molar refractivity (Wildman–Crippen MR) is 77.9 cm³/mol. The standard InChI is InChI=1S/C17H19NO/c19-15-18(13-11-16-7-3-1-4-8-16)14-12-17-9-5-2-6-10-17/h1-10,15H,11-14H2. The summed E-state index contributed by atoms with van der Waals surface area (Å²) in [5.41, 5.74) is 2.54. The molecule has 0 bridgehead atoms. The van der Waals surface area contributed by atoms with E-state index >= 15 is 0 Å². The molecule has 0 saturated carbocycles. The van der Waals surface area contributed by atoms with Gasteiger partial charge in [0.15, 0.2) is 0 Å². The molecule has 2 aromatic carbocycles. The molecule has 0 aliphatic rings. The molecule has 0 atom stereocenters. The molecular formula is C17H19NO. The number of carbonyl (C=O) groups is 1. The topological polar surface area (TPSA) is 20.3 Å². The Bertz CT molecular complexity index is 438. The summed E-state index contributed by atoms with van der Waals surface area (Å²) in [7, 11) is 0. The van der Waals surface area contributed by atoms with Crippen LogP contribution in [0.5, 0.6) is 0 Å². The molecule has 2 nitrogen and oxygen atoms in total. The zero-order valence-corrected chi connectivity index (χ0v) is 11.0. The summed E-state index contributed by atoms with van der Waals surface area (Å²) in [6.45, 7) is 1.56. The number of benzene rings is 2. The summed E-state index contributed by atoms with van der Waals surface area (Å²) in [4.78, 5) is 12.9. The van der Waals surface area contributed by atoms with E-state index in [2.05, 4.69) is 24.3 Å². The second-order valence-electron chi connectivity index (χ2n) is 4.61. The Morgan fingerprint density at radius 2 is 1.16 bits per heavy atom. The minimum Gasteiger partial charge on any atom is -0.345 e. The molecule has 1 amide bonds. The molecule has 0 aromatic heterocycles. The fourth-order valence-corrected chi connectivity index (χ4v) is 2.05. The van der Waals surface area contributed by atoms with Crippen LogP contribution in [0.4, 0.5) is 0 Å². The SMILES string of the molecule is O=CN(CCc1ccccc1)CCc1ccccc1. The zero-order chi connectivity index (χ0) is 13.3. The van der Waals surface area contributed by atoms with Gasteiger partial charge in [-0.15, -0.1) is 0 Å². The highest BCUT2D eigenvalue weighted by Gasteiger charge is 2.02. The molecule has 0 fully saturated rings. The molecule has 98 valence electrons. The van der Waals surface area contributed by atoms with E-state index in [9.17, 15) is 4.79 Å². The molecule has 2 rings (SSSR count). The number of hydrogen-bond donors (Lipinski definition) is 0. The highest BCUT2D eigenvalue weighted by molar-refractivity contribution is 5.47. The lowest BCUT2D eigenvalue weighted by Gasteiger charge is -2.17. The third-order valence-corrected chi connectivity index (χ3v) is 3.21. The molecule has 0 aliphatic heterocycles. The predicted octanol–water partition coefficient (Wildman–Crippen LogP) is 2.93. The van der Waals surface area contributed by atoms with Gasteiger partial charge in [0.05, 0.1) is 0 Å². The van der Waals surface area contributed by atoms with E-state index < -0.39 is 0 Å². The van der Waals surface area contributed by atoms with Gasteiger partial charge in [0, 0.05) is 13.1 Å². The molecule has 2 aromatic rings. The van der Waals surface area contributed by atoms with Crippen LogP contribution < -0.4 is 0 Å². The zero-order valence-electron chi connectivity index (χ0n) is 11.0. The van der Waals surface area contributed by atoms with E-state index in [1.165, 1.54) is 11.1 Å². The Morgan fingerprint density at radius 1 is 0.737 bits per heavy atom. The molecule has 0 unspecified atom stereocenters. The van der Waals surface area contributed by atoms with Crippen molar-refractivity contribution in [2.45, 2.75) is 12.8 Å². The first kappa shape index (κ1) is 13.3. The Labute approximate surface area is 114 Å². The van der Waals surface area contributed by atoms with Crippen molar-refractivity contribution >= 4 is 6.41 Å². The third kappa shape index (κ3) is 4.59. The van der Waals surface area contributed by atoms with Gasteiger partial charge < -0.3 is 4.90 Å². The number of hydrogen-bond acceptors (Lipinski definition) is 1. The molecule has 19 heavy (non-hydrogen) atoms. The van der Waals surface area contributed by atoms with Crippen molar-refractivity contribution < 1.29 is 4.79 Å². The van der Waals surface area contributed by atoms with Gasteiger partial charge in [-0.1, -0.05) is 60.7 Å². The highest BCUT2D eigenvalue weighted by atomic mass is 16.1. The van der Waals surface area contributed by atoms with Crippen LogP contribution in [0.2, 0.25) is 0 Å². The first-order valence-electron chi connectivity index (χ1n) is 6.65. The van der Waals surface area contributed by atoms with Crippen molar-refractivity contribution in [2.24, 2.45) is 0 Å². The number of nitrogens with zero attached hydrogens (tertiary/aromatic N) is 1. The van der Waals surface area contributed by atoms with E-state index in [1.54, 1.807) is 0 Å². The van der Waals surface area contributed by atoms with Gasteiger partial charge in [-0.3, -0.25) is 4.79 Å². The lowest BCUT2D eigenvalue weighted by atomic mass is 10.1. The quantitative estimate of drug-likeness (QED) is 0.695. The third-order valence-electron chi connectivity index (χ3n) is 3.21. The second kappa shape index (κ2) is 7.37. The lowest BCUT2D eigenvalue weighted by molar-refractivity contribution is -0.118. The Morgan fingerprint density at radius 3 is 1.53 bits per heavy atom. The summed E-state index contributed by atoms with van der Waals surface area (Å²) in [5, 5.41) is 0. The second-order valence-corrected chi connectivity index (χ2v) is 4.61. The van der Waals surface area contributed by atoms with Crippen LogP contribution in [0.25, 0.3) is 0 Å². The number of rotatable bonds is 7. The molecule has 0 spiro atoms. The van der Waals surface area contributed by atoms with Gasteiger partial charge in [-0.2, -0.15) is 0 Å². The smallest absolute Gasteiger partial charge is 0.209 e. The first-order valence-corrected chi connectivity index (χ1v) is 6.65. The van der Waals surface area contributed by atoms with E-state index in [0.717, 1.165) is 32.3 Å². The summed E-state index contributed by atoms with van der Waals surface area (Å²) < 4.78 is 0. The van der Waals surface area contributed by atoms with Crippen LogP contribution in [0.3, 0.4) is 0 Å². The summed E-state index contributed by atoms with van der Waals surface area (Å²) in [6.07, 6.45) is 2.77. The largest absolute Gasteiger partial charge is 0.345 e. The van der Waals surface area contributed by atoms with E-state index in [0.29, 0.717) is 0 Å². The van der Waals surface area contributed by atoms with Crippen molar-refractivity contribution in [3.63, 3.8) is 0 Å². The Hall–Kier alpha value is -2.09. The fourth-order valence-electron chi connectivity index (χ4n) is 2.05. The number of amides is 1. The molecule has 0 heterocycles. The molecule has 0 N–H and O–H groups in total. The van der Waals surface area contributed by atoms with Crippen LogP contribution in [0.1, 0.15) is 11.1 Å². The lowest BCUT2D eigenvalue weighted by Crippen LogP contribution is -2.26. The Balaban J connectivity index is 1.79. The maximum atomic E-state index is 11.1. The van der Waals surface area contributed by atoms with Crippen LogP contribution in [0, 0.1) is 0 Å². The molecular weight excluding hydrogens is 234 g/mol. The van der Waals surface area contributed by atoms with E-state index in [4.69, 9.17) is 0 Å². The maximum absolute atomic E-state index is 11.1. The van der Waals surface area contributed by atoms with Crippen LogP contribution in [-0.4, -0.2) is 24.4 Å². The van der Waals surface area contributed by atoms with Gasteiger partial charge in [0.2, 0.25) is 6.41 Å². The van der Waals surface area contributed by atoms with Crippen LogP contribution in [0.15, 0.2) is 60.7 Å². The Kier molecular flexibility index (Phi) is 5.17. The minimum absolute atomic E-state index is 0.778. The van der Waals surface area contributed by atoms with Crippen molar-refractivity contribution in [1.29, 1.82) is 0 Å². The summed E-state index contributed by atoms with van der Waals surface area (Å²) >= 11 is 0. The van der Waals surface area contributed by atoms with Crippen LogP contribution >= 0.6 is 0 Å². The molecule has 2 heteroatoms. The molecule has 0 radical (unpaired) electrons. The highest BCUT2D eigenvalue weighted by Crippen LogP contribution is 2.03. The molecule has 0 aliphatic carbocycles. The average Bonchev–Trinajstić information content (AvgIpc) is 2.49. The van der Waals surface area contributed by atoms with Crippen LogP contribution in [-0.2, 0) is 17.6 Å². The monoisotopic (exact) mass is 253 g/mol. The minimum atomic E-state index is 0.778. The number of carbonyl (C=O) groups excluding carboxylic acids is 1. The summed E-state index contributed by atoms with van der Waals surface area (Å²) in [5.74, 6) is 0. The maximum Gasteiger partial charge on any atom is 0.209 e. The molecule has 0 saturated heterocycles. The first-order chi connectivity index (χ1) is 9.38. The van der Waals surface area contributed by atoms with Gasteiger partial charge in [0.25, 0.3) is 0 Å². The van der Waals surface area contributed by atoms with Gasteiger partial charge in [-0.05, 0) is 24.0 Å². The van der Waals surface area contributed by atoms with Crippen molar-refractivity contribution in [2.75, 3.05) is 13.1 Å². The van der Waals surface area contributed by atoms with Gasteiger partial charge >= 0.3 is 0 Å². The van der Waals surface area contributed by atoms with Crippen molar-refractivity contribution in [1.82, 2.24) is 4.90 Å². The fraction of sp³-hybridized carbons (Fsp3) is 0.235. The van der Waals surface area contributed by atoms with E-state index in [-0.39, 0.29) is 0 Å². The normalized spacial score (nSPS) is 10.1. The van der Waals surface area contributed by atoms with Crippen molar-refractivity contribution in [3.05, 3.63) is 71.8 Å². The average molecular weight is 253 g/mol. The van der Waals surface area contributed by atoms with Gasteiger partial charge in [-0.25, -0.2) is 0 Å². The summed E-state index contributed by atoms with van der Waals surface area (Å²) in [6, 6.07) is 20.5.